The molecule has 1 amide bonds. The highest BCUT2D eigenvalue weighted by atomic mass is 19.2. The first-order valence-corrected chi connectivity index (χ1v) is 5.56. The van der Waals surface area contributed by atoms with Gasteiger partial charge in [0.25, 0.3) is 0 Å². The number of hydrogen-bond donors (Lipinski definition) is 3. The molecule has 0 aromatic heterocycles. The summed E-state index contributed by atoms with van der Waals surface area (Å²) in [5.41, 5.74) is -1.41. The summed E-state index contributed by atoms with van der Waals surface area (Å²) in [6.45, 7) is 0.0925. The number of benzene rings is 1. The second kappa shape index (κ2) is 5.33. The number of anilines is 1. The van der Waals surface area contributed by atoms with Crippen LogP contribution in [0, 0.1) is 29.1 Å². The molecular formula is C11H9F5N2O2. The molecular weight excluding hydrogens is 287 g/mol. The van der Waals surface area contributed by atoms with Crippen molar-refractivity contribution >= 4 is 11.6 Å². The van der Waals surface area contributed by atoms with E-state index in [-0.39, 0.29) is 13.0 Å². The van der Waals surface area contributed by atoms with E-state index in [1.165, 1.54) is 0 Å². The van der Waals surface area contributed by atoms with Gasteiger partial charge in [0.2, 0.25) is 11.7 Å². The van der Waals surface area contributed by atoms with Crippen molar-refractivity contribution in [1.29, 1.82) is 0 Å². The zero-order valence-corrected chi connectivity index (χ0v) is 9.81. The van der Waals surface area contributed by atoms with Gasteiger partial charge in [0.05, 0.1) is 12.1 Å². The molecule has 110 valence electrons. The van der Waals surface area contributed by atoms with E-state index in [2.05, 4.69) is 5.32 Å². The van der Waals surface area contributed by atoms with Crippen LogP contribution in [0.1, 0.15) is 6.42 Å². The summed E-state index contributed by atoms with van der Waals surface area (Å²) in [6, 6.07) is -0.972. The van der Waals surface area contributed by atoms with E-state index in [4.69, 9.17) is 0 Å². The lowest BCUT2D eigenvalue weighted by Crippen LogP contribution is -2.36. The number of β-amino-alcohol motifs (C(OH)–C–C–N with tert-alkyl or cyclic N) is 1. The zero-order valence-electron chi connectivity index (χ0n) is 9.81. The summed E-state index contributed by atoms with van der Waals surface area (Å²) in [5, 5.41) is 13.4. The Labute approximate surface area is 109 Å². The Morgan fingerprint density at radius 1 is 1.05 bits per heavy atom. The monoisotopic (exact) mass is 296 g/mol. The molecule has 2 rings (SSSR count). The topological polar surface area (TPSA) is 61.4 Å². The second-order valence-electron chi connectivity index (χ2n) is 4.28. The third kappa shape index (κ3) is 2.46. The zero-order chi connectivity index (χ0) is 15.0. The largest absolute Gasteiger partial charge is 0.392 e. The SMILES string of the molecule is O=C(Nc1c(F)c(F)c(F)c(F)c1F)C1CC(O)CN1. The predicted octanol–water partition coefficient (Wildman–Crippen LogP) is 1.04. The van der Waals surface area contributed by atoms with Crippen LogP contribution < -0.4 is 10.6 Å². The molecule has 1 saturated heterocycles. The lowest BCUT2D eigenvalue weighted by atomic mass is 10.2. The third-order valence-electron chi connectivity index (χ3n) is 2.88. The van der Waals surface area contributed by atoms with Crippen LogP contribution in [0.3, 0.4) is 0 Å². The number of hydrogen-bond acceptors (Lipinski definition) is 3. The van der Waals surface area contributed by atoms with Gasteiger partial charge >= 0.3 is 0 Å². The van der Waals surface area contributed by atoms with E-state index in [9.17, 15) is 31.9 Å². The van der Waals surface area contributed by atoms with Crippen molar-refractivity contribution in [2.75, 3.05) is 11.9 Å². The standard InChI is InChI=1S/C11H9F5N2O2/c12-5-6(13)8(15)10(9(16)7(5)14)18-11(20)4-1-3(19)2-17-4/h3-4,17,19H,1-2H2,(H,18,20). The van der Waals surface area contributed by atoms with Crippen molar-refractivity contribution in [2.45, 2.75) is 18.6 Å². The van der Waals surface area contributed by atoms with E-state index >= 15 is 0 Å². The Morgan fingerprint density at radius 2 is 1.55 bits per heavy atom. The molecule has 0 bridgehead atoms. The first-order valence-electron chi connectivity index (χ1n) is 5.56. The fourth-order valence-corrected chi connectivity index (χ4v) is 1.84. The first kappa shape index (κ1) is 14.7. The number of aliphatic hydroxyl groups excluding tert-OH is 1. The van der Waals surface area contributed by atoms with Crippen molar-refractivity contribution in [2.24, 2.45) is 0 Å². The summed E-state index contributed by atoms with van der Waals surface area (Å²) < 4.78 is 65.3. The summed E-state index contributed by atoms with van der Waals surface area (Å²) >= 11 is 0. The maximum absolute atomic E-state index is 13.3. The molecule has 20 heavy (non-hydrogen) atoms. The van der Waals surface area contributed by atoms with Crippen LogP contribution in [0.15, 0.2) is 0 Å². The molecule has 2 unspecified atom stereocenters. The minimum Gasteiger partial charge on any atom is -0.392 e. The highest BCUT2D eigenvalue weighted by Crippen LogP contribution is 2.27. The fourth-order valence-electron chi connectivity index (χ4n) is 1.84. The van der Waals surface area contributed by atoms with Crippen LogP contribution in [0.5, 0.6) is 0 Å². The van der Waals surface area contributed by atoms with Gasteiger partial charge in [0, 0.05) is 6.54 Å². The van der Waals surface area contributed by atoms with Gasteiger partial charge in [-0.3, -0.25) is 4.79 Å². The average molecular weight is 296 g/mol. The smallest absolute Gasteiger partial charge is 0.241 e. The summed E-state index contributed by atoms with van der Waals surface area (Å²) in [5.74, 6) is -11.8. The maximum Gasteiger partial charge on any atom is 0.241 e. The second-order valence-corrected chi connectivity index (χ2v) is 4.28. The Bertz CT molecular complexity index is 537. The minimum atomic E-state index is -2.30. The van der Waals surface area contributed by atoms with Gasteiger partial charge in [0.15, 0.2) is 23.3 Å². The number of amides is 1. The van der Waals surface area contributed by atoms with Gasteiger partial charge in [-0.25, -0.2) is 22.0 Å². The van der Waals surface area contributed by atoms with Crippen LogP contribution in [0.2, 0.25) is 0 Å². The Balaban J connectivity index is 2.28. The minimum absolute atomic E-state index is 0.0266. The van der Waals surface area contributed by atoms with Gasteiger partial charge in [-0.1, -0.05) is 0 Å². The first-order chi connectivity index (χ1) is 9.32. The van der Waals surface area contributed by atoms with Crippen molar-refractivity contribution in [1.82, 2.24) is 5.32 Å². The molecule has 0 spiro atoms. The molecule has 1 fully saturated rings. The molecule has 1 aliphatic rings. The maximum atomic E-state index is 13.3. The van der Waals surface area contributed by atoms with E-state index in [1.807, 2.05) is 0 Å². The molecule has 0 radical (unpaired) electrons. The molecule has 0 aliphatic carbocycles. The van der Waals surface area contributed by atoms with Gasteiger partial charge in [-0.15, -0.1) is 0 Å². The number of nitrogens with one attached hydrogen (secondary N) is 2. The van der Waals surface area contributed by atoms with Gasteiger partial charge < -0.3 is 15.7 Å². The third-order valence-corrected chi connectivity index (χ3v) is 2.88. The van der Waals surface area contributed by atoms with Crippen molar-refractivity contribution in [3.05, 3.63) is 29.1 Å². The molecule has 1 aromatic rings. The molecule has 2 atom stereocenters. The highest BCUT2D eigenvalue weighted by Gasteiger charge is 2.31. The Morgan fingerprint density at radius 3 is 2.00 bits per heavy atom. The van der Waals surface area contributed by atoms with Crippen molar-refractivity contribution in [3.63, 3.8) is 0 Å². The summed E-state index contributed by atoms with van der Waals surface area (Å²) in [4.78, 5) is 11.6. The summed E-state index contributed by atoms with van der Waals surface area (Å²) in [6.07, 6.45) is -0.844. The predicted molar refractivity (Wildman–Crippen MR) is 57.3 cm³/mol. The lowest BCUT2D eigenvalue weighted by Gasteiger charge is -2.13. The Kier molecular flexibility index (Phi) is 3.91. The van der Waals surface area contributed by atoms with E-state index < -0.39 is 52.8 Å². The molecule has 1 aromatic carbocycles. The normalized spacial score (nSPS) is 22.1. The Hall–Kier alpha value is -1.74. The van der Waals surface area contributed by atoms with Crippen molar-refractivity contribution < 1.29 is 31.9 Å². The van der Waals surface area contributed by atoms with Crippen LogP contribution >= 0.6 is 0 Å². The average Bonchev–Trinajstić information content (AvgIpc) is 2.85. The highest BCUT2D eigenvalue weighted by molar-refractivity contribution is 5.95. The molecule has 1 heterocycles. The number of aliphatic hydroxyl groups is 1. The summed E-state index contributed by atoms with van der Waals surface area (Å²) in [7, 11) is 0. The van der Waals surface area contributed by atoms with E-state index in [0.29, 0.717) is 0 Å². The molecule has 3 N–H and O–H groups in total. The number of carbonyl (C=O) groups is 1. The van der Waals surface area contributed by atoms with Crippen LogP contribution in [0.4, 0.5) is 27.6 Å². The number of carbonyl (C=O) groups excluding carboxylic acids is 1. The van der Waals surface area contributed by atoms with E-state index in [0.717, 1.165) is 0 Å². The quantitative estimate of drug-likeness (QED) is 0.434. The van der Waals surface area contributed by atoms with E-state index in [1.54, 1.807) is 5.32 Å². The van der Waals surface area contributed by atoms with Gasteiger partial charge in [0.1, 0.15) is 5.69 Å². The molecule has 4 nitrogen and oxygen atoms in total. The molecule has 9 heteroatoms. The molecule has 1 aliphatic heterocycles. The van der Waals surface area contributed by atoms with Crippen molar-refractivity contribution in [3.8, 4) is 0 Å². The van der Waals surface area contributed by atoms with Crippen LogP contribution in [-0.4, -0.2) is 29.7 Å². The number of halogens is 5. The van der Waals surface area contributed by atoms with Crippen LogP contribution in [-0.2, 0) is 4.79 Å². The van der Waals surface area contributed by atoms with Gasteiger partial charge in [-0.2, -0.15) is 0 Å². The molecule has 0 saturated carbocycles. The van der Waals surface area contributed by atoms with Crippen LogP contribution in [0.25, 0.3) is 0 Å². The van der Waals surface area contributed by atoms with Gasteiger partial charge in [-0.05, 0) is 6.42 Å². The lowest BCUT2D eigenvalue weighted by molar-refractivity contribution is -0.118. The fraction of sp³-hybridized carbons (Fsp3) is 0.364. The number of rotatable bonds is 2.